The van der Waals surface area contributed by atoms with E-state index in [-0.39, 0.29) is 24.0 Å². The molecule has 1 aromatic heterocycles. The van der Waals surface area contributed by atoms with E-state index in [9.17, 15) is 14.4 Å². The van der Waals surface area contributed by atoms with E-state index >= 15 is 0 Å². The van der Waals surface area contributed by atoms with E-state index in [1.54, 1.807) is 41.0 Å². The second-order valence-electron chi connectivity index (χ2n) is 7.79. The molecule has 34 heavy (non-hydrogen) atoms. The molecule has 8 nitrogen and oxygen atoms in total. The Labute approximate surface area is 196 Å². The minimum absolute atomic E-state index is 0.105. The number of aromatic nitrogens is 2. The van der Waals surface area contributed by atoms with Crippen LogP contribution in [0.2, 0.25) is 0 Å². The summed E-state index contributed by atoms with van der Waals surface area (Å²) in [6.45, 7) is 2.49. The first-order chi connectivity index (χ1) is 16.5. The Morgan fingerprint density at radius 3 is 2.18 bits per heavy atom. The molecule has 1 heterocycles. The van der Waals surface area contributed by atoms with Gasteiger partial charge in [-0.1, -0.05) is 31.2 Å². The summed E-state index contributed by atoms with van der Waals surface area (Å²) in [6, 6.07) is 21.1. The first-order valence-corrected chi connectivity index (χ1v) is 11.0. The van der Waals surface area contributed by atoms with E-state index in [1.165, 1.54) is 11.7 Å². The number of fused-ring (bicyclic) bond motifs is 1. The lowest BCUT2D eigenvalue weighted by Gasteiger charge is -2.10. The molecule has 0 aliphatic heterocycles. The maximum Gasteiger partial charge on any atom is 0.329 e. The molecule has 0 unspecified atom stereocenters. The van der Waals surface area contributed by atoms with Crippen LogP contribution in [0.1, 0.15) is 23.7 Å². The van der Waals surface area contributed by atoms with Crippen molar-refractivity contribution in [3.8, 4) is 5.75 Å². The molecule has 2 N–H and O–H groups in total. The Hall–Kier alpha value is -4.33. The van der Waals surface area contributed by atoms with Crippen LogP contribution in [0.5, 0.6) is 5.75 Å². The highest BCUT2D eigenvalue weighted by Crippen LogP contribution is 2.24. The van der Waals surface area contributed by atoms with Crippen LogP contribution in [-0.2, 0) is 17.9 Å². The number of benzene rings is 3. The highest BCUT2D eigenvalue weighted by atomic mass is 16.5. The number of carbonyl (C=O) groups is 2. The maximum absolute atomic E-state index is 12.9. The lowest BCUT2D eigenvalue weighted by molar-refractivity contribution is -0.116. The van der Waals surface area contributed by atoms with Crippen molar-refractivity contribution in [2.24, 2.45) is 0 Å². The molecule has 0 aliphatic carbocycles. The van der Waals surface area contributed by atoms with Gasteiger partial charge in [0.05, 0.1) is 23.8 Å². The Morgan fingerprint density at radius 2 is 1.50 bits per heavy atom. The predicted octanol–water partition coefficient (Wildman–Crippen LogP) is 4.11. The molecule has 3 aromatic carbocycles. The topological polar surface area (TPSA) is 94.4 Å². The Bertz CT molecular complexity index is 1390. The van der Waals surface area contributed by atoms with Crippen molar-refractivity contribution in [3.05, 3.63) is 88.8 Å². The fourth-order valence-corrected chi connectivity index (χ4v) is 3.86. The van der Waals surface area contributed by atoms with Crippen LogP contribution < -0.4 is 21.1 Å². The Kier molecular flexibility index (Phi) is 6.77. The van der Waals surface area contributed by atoms with Crippen LogP contribution in [0.4, 0.5) is 11.4 Å². The quantitative estimate of drug-likeness (QED) is 0.415. The van der Waals surface area contributed by atoms with Crippen molar-refractivity contribution in [1.29, 1.82) is 0 Å². The minimum atomic E-state index is -0.326. The number of nitrogens with one attached hydrogen (secondary N) is 2. The van der Waals surface area contributed by atoms with E-state index in [2.05, 4.69) is 10.6 Å². The summed E-state index contributed by atoms with van der Waals surface area (Å²) < 4.78 is 8.43. The van der Waals surface area contributed by atoms with Crippen LogP contribution >= 0.6 is 0 Å². The molecule has 0 radical (unpaired) electrons. The van der Waals surface area contributed by atoms with E-state index in [4.69, 9.17) is 4.74 Å². The average molecular weight is 459 g/mol. The fraction of sp³-hybridized carbons (Fsp3) is 0.192. The van der Waals surface area contributed by atoms with Crippen molar-refractivity contribution in [2.75, 3.05) is 17.7 Å². The zero-order valence-electron chi connectivity index (χ0n) is 19.1. The van der Waals surface area contributed by atoms with Gasteiger partial charge in [-0.25, -0.2) is 4.79 Å². The molecule has 4 aromatic rings. The second kappa shape index (κ2) is 10.1. The van der Waals surface area contributed by atoms with Crippen LogP contribution in [0.3, 0.4) is 0 Å². The number of para-hydroxylation sites is 4. The van der Waals surface area contributed by atoms with E-state index in [1.807, 2.05) is 43.3 Å². The standard InChI is InChI=1S/C26H26N4O4/c1-3-16-29-21-9-5-6-10-22(21)30(26(29)33)17-24(31)27-19-14-12-18(13-15-19)25(32)28-20-8-4-7-11-23(20)34-2/h4-15H,3,16-17H2,1-2H3,(H,27,31)(H,28,32). The number of aryl methyl sites for hydroxylation is 1. The van der Waals surface area contributed by atoms with Gasteiger partial charge in [-0.15, -0.1) is 0 Å². The average Bonchev–Trinajstić information content (AvgIpc) is 3.11. The molecule has 8 heteroatoms. The van der Waals surface area contributed by atoms with Crippen molar-refractivity contribution in [1.82, 2.24) is 9.13 Å². The van der Waals surface area contributed by atoms with Gasteiger partial charge in [0.15, 0.2) is 0 Å². The maximum atomic E-state index is 12.9. The second-order valence-corrected chi connectivity index (χ2v) is 7.79. The first-order valence-electron chi connectivity index (χ1n) is 11.0. The summed E-state index contributed by atoms with van der Waals surface area (Å²) >= 11 is 0. The molecule has 0 spiro atoms. The number of rotatable bonds is 8. The molecule has 0 fully saturated rings. The molecular weight excluding hydrogens is 432 g/mol. The number of ether oxygens (including phenoxy) is 1. The largest absolute Gasteiger partial charge is 0.495 e. The number of amides is 2. The van der Waals surface area contributed by atoms with E-state index < -0.39 is 0 Å². The van der Waals surface area contributed by atoms with Gasteiger partial charge in [-0.2, -0.15) is 0 Å². The predicted molar refractivity (Wildman–Crippen MR) is 133 cm³/mol. The first kappa shape index (κ1) is 22.8. The minimum Gasteiger partial charge on any atom is -0.495 e. The zero-order valence-corrected chi connectivity index (χ0v) is 19.1. The van der Waals surface area contributed by atoms with Crippen LogP contribution in [0.15, 0.2) is 77.6 Å². The number of anilines is 2. The van der Waals surface area contributed by atoms with E-state index in [0.29, 0.717) is 29.2 Å². The fourth-order valence-electron chi connectivity index (χ4n) is 3.86. The number of carbonyl (C=O) groups excluding carboxylic acids is 2. The third-order valence-electron chi connectivity index (χ3n) is 5.46. The SMILES string of the molecule is CCCn1c(=O)n(CC(=O)Nc2ccc(C(=O)Nc3ccccc3OC)cc2)c2ccccc21. The molecular formula is C26H26N4O4. The summed E-state index contributed by atoms with van der Waals surface area (Å²) in [7, 11) is 1.54. The van der Waals surface area contributed by atoms with Gasteiger partial charge in [-0.3, -0.25) is 18.7 Å². The highest BCUT2D eigenvalue weighted by molar-refractivity contribution is 6.05. The molecule has 0 bridgehead atoms. The van der Waals surface area contributed by atoms with Crippen molar-refractivity contribution in [2.45, 2.75) is 26.4 Å². The van der Waals surface area contributed by atoms with E-state index in [0.717, 1.165) is 17.5 Å². The summed E-state index contributed by atoms with van der Waals surface area (Å²) in [5.41, 5.74) is 2.86. The molecule has 174 valence electrons. The third kappa shape index (κ3) is 4.71. The Balaban J connectivity index is 1.45. The molecule has 0 saturated heterocycles. The summed E-state index contributed by atoms with van der Waals surface area (Å²) in [6.07, 6.45) is 0.817. The summed E-state index contributed by atoms with van der Waals surface area (Å²) in [5.74, 6) is -0.0549. The highest BCUT2D eigenvalue weighted by Gasteiger charge is 2.15. The zero-order chi connectivity index (χ0) is 24.1. The van der Waals surface area contributed by atoms with Gasteiger partial charge >= 0.3 is 5.69 Å². The number of methoxy groups -OCH3 is 1. The van der Waals surface area contributed by atoms with Gasteiger partial charge in [0.2, 0.25) is 5.91 Å². The van der Waals surface area contributed by atoms with Crippen LogP contribution in [0.25, 0.3) is 11.0 Å². The van der Waals surface area contributed by atoms with Crippen LogP contribution in [-0.4, -0.2) is 28.1 Å². The lowest BCUT2D eigenvalue weighted by Crippen LogP contribution is -2.29. The van der Waals surface area contributed by atoms with Crippen molar-refractivity contribution in [3.63, 3.8) is 0 Å². The van der Waals surface area contributed by atoms with Gasteiger partial charge in [0, 0.05) is 17.8 Å². The van der Waals surface area contributed by atoms with Gasteiger partial charge in [-0.05, 0) is 55.0 Å². The summed E-state index contributed by atoms with van der Waals surface area (Å²) in [5, 5.41) is 5.61. The van der Waals surface area contributed by atoms with Crippen LogP contribution in [0, 0.1) is 0 Å². The molecule has 0 saturated carbocycles. The summed E-state index contributed by atoms with van der Waals surface area (Å²) in [4.78, 5) is 38.2. The smallest absolute Gasteiger partial charge is 0.329 e. The number of hydrogen-bond acceptors (Lipinski definition) is 4. The molecule has 4 rings (SSSR count). The third-order valence-corrected chi connectivity index (χ3v) is 5.46. The van der Waals surface area contributed by atoms with Gasteiger partial charge < -0.3 is 15.4 Å². The lowest BCUT2D eigenvalue weighted by atomic mass is 10.2. The van der Waals surface area contributed by atoms with Gasteiger partial charge in [0.1, 0.15) is 12.3 Å². The van der Waals surface area contributed by atoms with Crippen molar-refractivity contribution < 1.29 is 14.3 Å². The normalized spacial score (nSPS) is 10.8. The molecule has 2 amide bonds. The van der Waals surface area contributed by atoms with Crippen molar-refractivity contribution >= 4 is 34.2 Å². The number of imidazole rings is 1. The van der Waals surface area contributed by atoms with Gasteiger partial charge in [0.25, 0.3) is 5.91 Å². The molecule has 0 aliphatic rings. The molecule has 0 atom stereocenters. The number of nitrogens with zero attached hydrogens (tertiary/aromatic N) is 2. The number of hydrogen-bond donors (Lipinski definition) is 2. The monoisotopic (exact) mass is 458 g/mol. The Morgan fingerprint density at radius 1 is 0.853 bits per heavy atom.